The fourth-order valence-electron chi connectivity index (χ4n) is 1.73. The molecule has 1 rings (SSSR count). The molecule has 0 saturated heterocycles. The average molecular weight is 269 g/mol. The van der Waals surface area contributed by atoms with Crippen molar-refractivity contribution in [3.05, 3.63) is 28.8 Å². The van der Waals surface area contributed by atoms with Gasteiger partial charge in [0.1, 0.15) is 5.75 Å². The Morgan fingerprint density at radius 2 is 2.16 bits per heavy atom. The Labute approximate surface area is 109 Å². The Kier molecular flexibility index (Phi) is 5.24. The first-order valence-electron chi connectivity index (χ1n) is 5.59. The van der Waals surface area contributed by atoms with E-state index in [-0.39, 0.29) is 23.3 Å². The van der Waals surface area contributed by atoms with Gasteiger partial charge in [-0.05, 0) is 12.5 Å². The lowest BCUT2D eigenvalue weighted by Crippen LogP contribution is -2.11. The molecule has 0 heterocycles. The summed E-state index contributed by atoms with van der Waals surface area (Å²) in [6, 6.07) is 4.82. The van der Waals surface area contributed by atoms with Crippen LogP contribution in [-0.2, 0) is 22.4 Å². The van der Waals surface area contributed by atoms with Gasteiger partial charge in [0.05, 0.1) is 25.2 Å². The predicted molar refractivity (Wildman–Crippen MR) is 62.9 cm³/mol. The Bertz CT molecular complexity index is 509. The maximum Gasteiger partial charge on any atom is 0.387 e. The van der Waals surface area contributed by atoms with Gasteiger partial charge in [-0.3, -0.25) is 4.79 Å². The van der Waals surface area contributed by atoms with E-state index in [1.165, 1.54) is 19.2 Å². The molecular formula is C13H13F2NO3. The van der Waals surface area contributed by atoms with E-state index in [0.29, 0.717) is 12.0 Å². The van der Waals surface area contributed by atoms with E-state index in [2.05, 4.69) is 9.47 Å². The number of nitrogens with zero attached hydrogens (tertiary/aromatic N) is 1. The van der Waals surface area contributed by atoms with Crippen molar-refractivity contribution >= 4 is 5.97 Å². The van der Waals surface area contributed by atoms with Crippen molar-refractivity contribution in [2.24, 2.45) is 0 Å². The first-order valence-corrected chi connectivity index (χ1v) is 5.59. The molecule has 19 heavy (non-hydrogen) atoms. The molecule has 0 unspecified atom stereocenters. The SMILES string of the molecule is CCc1c(C#N)ccc(CC(=O)OC)c1OC(F)F. The van der Waals surface area contributed by atoms with Crippen molar-refractivity contribution in [1.82, 2.24) is 0 Å². The number of carbonyl (C=O) groups excluding carboxylic acids is 1. The first kappa shape index (κ1) is 14.9. The lowest BCUT2D eigenvalue weighted by molar-refractivity contribution is -0.139. The second-order valence-electron chi connectivity index (χ2n) is 3.68. The standard InChI is InChI=1S/C13H13F2NO3/c1-3-10-9(7-16)5-4-8(6-11(17)18-2)12(10)19-13(14)15/h4-5,13H,3,6H2,1-2H3. The summed E-state index contributed by atoms with van der Waals surface area (Å²) in [7, 11) is 1.21. The molecule has 1 aromatic rings. The summed E-state index contributed by atoms with van der Waals surface area (Å²) in [6.45, 7) is -1.30. The number of methoxy groups -OCH3 is 1. The van der Waals surface area contributed by atoms with Crippen LogP contribution in [-0.4, -0.2) is 19.7 Å². The van der Waals surface area contributed by atoms with Crippen LogP contribution in [0.3, 0.4) is 0 Å². The monoisotopic (exact) mass is 269 g/mol. The van der Waals surface area contributed by atoms with Crippen LogP contribution in [0.15, 0.2) is 12.1 Å². The largest absolute Gasteiger partial charge is 0.469 e. The number of hydrogen-bond donors (Lipinski definition) is 0. The third-order valence-corrected chi connectivity index (χ3v) is 2.59. The smallest absolute Gasteiger partial charge is 0.387 e. The average Bonchev–Trinajstić information content (AvgIpc) is 2.39. The zero-order valence-electron chi connectivity index (χ0n) is 10.6. The third-order valence-electron chi connectivity index (χ3n) is 2.59. The summed E-state index contributed by atoms with van der Waals surface area (Å²) in [4.78, 5) is 11.2. The maximum atomic E-state index is 12.5. The van der Waals surface area contributed by atoms with E-state index in [1.54, 1.807) is 6.92 Å². The number of carbonyl (C=O) groups is 1. The van der Waals surface area contributed by atoms with E-state index in [9.17, 15) is 13.6 Å². The molecule has 0 amide bonds. The van der Waals surface area contributed by atoms with Gasteiger partial charge in [-0.15, -0.1) is 0 Å². The van der Waals surface area contributed by atoms with Crippen molar-refractivity contribution in [3.63, 3.8) is 0 Å². The lowest BCUT2D eigenvalue weighted by atomic mass is 9.99. The van der Waals surface area contributed by atoms with E-state index in [4.69, 9.17) is 5.26 Å². The van der Waals surface area contributed by atoms with Crippen LogP contribution in [0.4, 0.5) is 8.78 Å². The molecule has 0 spiro atoms. The lowest BCUT2D eigenvalue weighted by Gasteiger charge is -2.15. The summed E-state index contributed by atoms with van der Waals surface area (Å²) in [5.74, 6) is -0.673. The molecule has 0 saturated carbocycles. The molecule has 0 bridgehead atoms. The minimum atomic E-state index is -3.02. The number of hydrogen-bond acceptors (Lipinski definition) is 4. The molecule has 0 atom stereocenters. The zero-order chi connectivity index (χ0) is 14.4. The van der Waals surface area contributed by atoms with Gasteiger partial charge in [0.25, 0.3) is 0 Å². The molecular weight excluding hydrogens is 256 g/mol. The fourth-order valence-corrected chi connectivity index (χ4v) is 1.73. The second kappa shape index (κ2) is 6.69. The van der Waals surface area contributed by atoms with Gasteiger partial charge in [-0.2, -0.15) is 14.0 Å². The van der Waals surface area contributed by atoms with Gasteiger partial charge in [0.15, 0.2) is 0 Å². The Morgan fingerprint density at radius 1 is 1.47 bits per heavy atom. The van der Waals surface area contributed by atoms with Gasteiger partial charge < -0.3 is 9.47 Å². The minimum absolute atomic E-state index is 0.109. The number of rotatable bonds is 5. The zero-order valence-corrected chi connectivity index (χ0v) is 10.6. The Balaban J connectivity index is 3.30. The minimum Gasteiger partial charge on any atom is -0.469 e. The first-order chi connectivity index (χ1) is 9.03. The highest BCUT2D eigenvalue weighted by molar-refractivity contribution is 5.74. The number of ether oxygens (including phenoxy) is 2. The molecule has 1 aromatic carbocycles. The van der Waals surface area contributed by atoms with Crippen LogP contribution in [0.2, 0.25) is 0 Å². The summed E-state index contributed by atoms with van der Waals surface area (Å²) in [5, 5.41) is 8.94. The fraction of sp³-hybridized carbons (Fsp3) is 0.385. The number of halogens is 2. The molecule has 0 aromatic heterocycles. The van der Waals surface area contributed by atoms with E-state index in [0.717, 1.165) is 0 Å². The molecule has 102 valence electrons. The molecule has 0 aliphatic rings. The van der Waals surface area contributed by atoms with Crippen LogP contribution >= 0.6 is 0 Å². The van der Waals surface area contributed by atoms with Crippen LogP contribution in [0, 0.1) is 11.3 Å². The molecule has 0 radical (unpaired) electrons. The summed E-state index contributed by atoms with van der Waals surface area (Å²) >= 11 is 0. The Hall–Kier alpha value is -2.16. The quantitative estimate of drug-likeness (QED) is 0.770. The van der Waals surface area contributed by atoms with Crippen molar-refractivity contribution in [2.45, 2.75) is 26.4 Å². The van der Waals surface area contributed by atoms with Gasteiger partial charge in [-0.1, -0.05) is 13.0 Å². The van der Waals surface area contributed by atoms with Gasteiger partial charge in [-0.25, -0.2) is 0 Å². The molecule has 6 heteroatoms. The number of nitriles is 1. The second-order valence-corrected chi connectivity index (χ2v) is 3.68. The summed E-state index contributed by atoms with van der Waals surface area (Å²) in [5.41, 5.74) is 0.902. The molecule has 0 aliphatic carbocycles. The summed E-state index contributed by atoms with van der Waals surface area (Å²) < 4.78 is 33.9. The predicted octanol–water partition coefficient (Wildman–Crippen LogP) is 2.44. The van der Waals surface area contributed by atoms with Crippen molar-refractivity contribution in [2.75, 3.05) is 7.11 Å². The molecule has 4 nitrogen and oxygen atoms in total. The summed E-state index contributed by atoms with van der Waals surface area (Å²) in [6.07, 6.45) is 0.164. The van der Waals surface area contributed by atoms with Gasteiger partial charge >= 0.3 is 12.6 Å². The van der Waals surface area contributed by atoms with Crippen molar-refractivity contribution in [1.29, 1.82) is 5.26 Å². The normalized spacial score (nSPS) is 10.1. The maximum absolute atomic E-state index is 12.5. The third kappa shape index (κ3) is 3.65. The van der Waals surface area contributed by atoms with Gasteiger partial charge in [0.2, 0.25) is 0 Å². The molecule has 0 aliphatic heterocycles. The van der Waals surface area contributed by atoms with Crippen LogP contribution in [0.25, 0.3) is 0 Å². The van der Waals surface area contributed by atoms with Crippen LogP contribution in [0.1, 0.15) is 23.6 Å². The topological polar surface area (TPSA) is 59.3 Å². The highest BCUT2D eigenvalue weighted by Crippen LogP contribution is 2.30. The van der Waals surface area contributed by atoms with Crippen molar-refractivity contribution < 1.29 is 23.0 Å². The number of esters is 1. The highest BCUT2D eigenvalue weighted by atomic mass is 19.3. The number of alkyl halides is 2. The van der Waals surface area contributed by atoms with Crippen LogP contribution in [0.5, 0.6) is 5.75 Å². The van der Waals surface area contributed by atoms with Crippen LogP contribution < -0.4 is 4.74 Å². The Morgan fingerprint density at radius 3 is 2.63 bits per heavy atom. The van der Waals surface area contributed by atoms with Crippen molar-refractivity contribution in [3.8, 4) is 11.8 Å². The van der Waals surface area contributed by atoms with Gasteiger partial charge in [0, 0.05) is 11.1 Å². The highest BCUT2D eigenvalue weighted by Gasteiger charge is 2.19. The molecule has 0 N–H and O–H groups in total. The molecule has 0 fully saturated rings. The van der Waals surface area contributed by atoms with E-state index < -0.39 is 12.6 Å². The van der Waals surface area contributed by atoms with E-state index >= 15 is 0 Å². The van der Waals surface area contributed by atoms with E-state index in [1.807, 2.05) is 6.07 Å². The number of benzene rings is 1.